The normalized spacial score (nSPS) is 31.2. The number of anilines is 1. The number of hydrogen-bond donors (Lipinski definition) is 12. The van der Waals surface area contributed by atoms with Crippen LogP contribution in [0.25, 0.3) is 0 Å². The molecular weight excluding hydrogens is 1080 g/mol. The number of carbonyl (C=O) groups excluding carboxylic acids is 4. The predicted octanol–water partition coefficient (Wildman–Crippen LogP) is 1.15. The maximum atomic E-state index is 15.5. The van der Waals surface area contributed by atoms with Gasteiger partial charge in [-0.1, -0.05) is 67.9 Å². The van der Waals surface area contributed by atoms with Gasteiger partial charge in [-0.2, -0.15) is 0 Å². The standard InChI is InChI=1S/C62H76N8O14/c63-55-44(28-66-36-8-1-2-9-36)34(17-23-65-55)19-25-80-53-54(77)62(79)22-7-10-37(73)15-14-35-30-82-61(20-5-6-21-61)59(62)84-58(53)83-51-43(46(35)40-11-3-4-12-45(40)70-32-67-48-56(70)68-60(64)69-57(48)78)27-42-47(52(51)81-31-38(74)18-24-71)50(76)41-26-33(29-72)13-16-39(41)49(42)75/h3-4,11-13,16-17,24,26-27,35-38,46,48,53-54,56,58-60,65-68,72-74,77,79H,1-2,5-6,8-10,14-15,18-21,23,25,28-32,63-64H2,(H,69,78)/t35-,37+,38-,46+,48-,53+,54+,56-,58+,59+,60+,62-/m1/s1. The number of aldehydes is 1. The molecule has 3 saturated heterocycles. The number of amides is 1. The van der Waals surface area contributed by atoms with Crippen LogP contribution < -0.4 is 52.4 Å². The van der Waals surface area contributed by atoms with Gasteiger partial charge in [-0.15, -0.1) is 0 Å². The maximum absolute atomic E-state index is 15.5. The molecule has 0 aromatic heterocycles. The molecule has 448 valence electrons. The van der Waals surface area contributed by atoms with E-state index in [0.717, 1.165) is 36.8 Å². The minimum Gasteiger partial charge on any atom is -0.486 e. The van der Waals surface area contributed by atoms with Gasteiger partial charge < -0.3 is 80.6 Å². The molecular formula is C62H76N8O14. The lowest BCUT2D eigenvalue weighted by atomic mass is 9.73. The molecule has 3 bridgehead atoms. The summed E-state index contributed by atoms with van der Waals surface area (Å²) in [6, 6.07) is 13.3. The van der Waals surface area contributed by atoms with Crippen molar-refractivity contribution in [2.24, 2.45) is 17.4 Å². The van der Waals surface area contributed by atoms with Crippen molar-refractivity contribution in [2.45, 2.75) is 169 Å². The van der Waals surface area contributed by atoms with Crippen molar-refractivity contribution in [1.29, 1.82) is 0 Å². The summed E-state index contributed by atoms with van der Waals surface area (Å²) in [6.07, 6.45) is -1.11. The topological polar surface area (TPSA) is 331 Å². The third-order valence-electron chi connectivity index (χ3n) is 18.6. The van der Waals surface area contributed by atoms with Crippen LogP contribution in [-0.2, 0) is 30.4 Å². The molecule has 1 spiro atoms. The van der Waals surface area contributed by atoms with E-state index in [9.17, 15) is 35.1 Å². The van der Waals surface area contributed by atoms with Crippen molar-refractivity contribution in [3.8, 4) is 23.3 Å². The van der Waals surface area contributed by atoms with Crippen LogP contribution in [0.4, 0.5) is 5.69 Å². The molecule has 12 rings (SSSR count). The minimum atomic E-state index is -2.40. The number of hydrogen-bond acceptors (Lipinski definition) is 21. The zero-order valence-corrected chi connectivity index (χ0v) is 46.9. The fraction of sp³-hybridized carbons (Fsp3) is 0.548. The van der Waals surface area contributed by atoms with E-state index in [0.29, 0.717) is 80.2 Å². The van der Waals surface area contributed by atoms with Gasteiger partial charge in [0, 0.05) is 71.4 Å². The van der Waals surface area contributed by atoms with Gasteiger partial charge in [-0.25, -0.2) is 0 Å². The Hall–Kier alpha value is -6.30. The number of nitrogens with two attached hydrogens (primary N) is 2. The van der Waals surface area contributed by atoms with Gasteiger partial charge in [0.25, 0.3) is 0 Å². The third kappa shape index (κ3) is 10.8. The summed E-state index contributed by atoms with van der Waals surface area (Å²) in [5.41, 5.74) is 12.7. The molecule has 22 nitrogen and oxygen atoms in total. The number of dihydropyridines is 1. The smallest absolute Gasteiger partial charge is 0.242 e. The largest absolute Gasteiger partial charge is 0.486 e. The number of carbonyl (C=O) groups is 4. The molecule has 14 N–H and O–H groups in total. The Bertz CT molecular complexity index is 3170. The highest BCUT2D eigenvalue weighted by molar-refractivity contribution is 6.29. The molecule has 84 heavy (non-hydrogen) atoms. The third-order valence-corrected chi connectivity index (χ3v) is 18.6. The summed E-state index contributed by atoms with van der Waals surface area (Å²) >= 11 is 0. The number of para-hydroxylation sites is 1. The van der Waals surface area contributed by atoms with E-state index in [1.165, 1.54) is 12.1 Å². The summed E-state index contributed by atoms with van der Waals surface area (Å²) in [7, 11) is 0. The molecule has 0 unspecified atom stereocenters. The second-order valence-corrected chi connectivity index (χ2v) is 23.9. The van der Waals surface area contributed by atoms with Gasteiger partial charge in [0.15, 0.2) is 28.7 Å². The summed E-state index contributed by atoms with van der Waals surface area (Å²) in [4.78, 5) is 58.3. The Kier molecular flexibility index (Phi) is 16.8. The van der Waals surface area contributed by atoms with Crippen LogP contribution in [0, 0.1) is 17.8 Å². The Morgan fingerprint density at radius 3 is 2.58 bits per heavy atom. The van der Waals surface area contributed by atoms with Crippen molar-refractivity contribution >= 4 is 29.4 Å². The molecule has 9 aliphatic rings. The summed E-state index contributed by atoms with van der Waals surface area (Å²) in [5, 5.41) is 76.4. The molecule has 3 aromatic rings. The van der Waals surface area contributed by atoms with E-state index >= 15 is 9.59 Å². The number of aliphatic hydroxyl groups is 5. The highest BCUT2D eigenvalue weighted by Crippen LogP contribution is 2.55. The summed E-state index contributed by atoms with van der Waals surface area (Å²) < 4.78 is 35.5. The van der Waals surface area contributed by atoms with Crippen LogP contribution in [0.15, 0.2) is 71.6 Å². The van der Waals surface area contributed by atoms with E-state index in [1.807, 2.05) is 35.2 Å². The first kappa shape index (κ1) is 58.1. The van der Waals surface area contributed by atoms with Crippen molar-refractivity contribution in [2.75, 3.05) is 44.5 Å². The molecule has 3 aromatic carbocycles. The van der Waals surface area contributed by atoms with Gasteiger partial charge in [0.1, 0.15) is 55.5 Å². The average Bonchev–Trinajstić information content (AvgIpc) is 1.35. The second kappa shape index (κ2) is 24.2. The van der Waals surface area contributed by atoms with Gasteiger partial charge in [0.05, 0.1) is 49.9 Å². The lowest BCUT2D eigenvalue weighted by molar-refractivity contribution is -0.335. The Labute approximate surface area is 487 Å². The van der Waals surface area contributed by atoms with Crippen LogP contribution >= 0.6 is 0 Å². The molecule has 22 heteroatoms. The summed E-state index contributed by atoms with van der Waals surface area (Å²) in [5.74, 6) is 3.00. The fourth-order valence-electron chi connectivity index (χ4n) is 14.3. The Morgan fingerprint density at radius 1 is 0.976 bits per heavy atom. The monoisotopic (exact) mass is 1160 g/mol. The first-order valence-electron chi connectivity index (χ1n) is 29.7. The highest BCUT2D eigenvalue weighted by atomic mass is 16.7. The molecule has 12 atom stereocenters. The van der Waals surface area contributed by atoms with E-state index in [4.69, 9.17) is 35.2 Å². The van der Waals surface area contributed by atoms with Crippen LogP contribution in [0.2, 0.25) is 0 Å². The number of ether oxygens (including phenoxy) is 5. The van der Waals surface area contributed by atoms with E-state index in [1.54, 1.807) is 12.1 Å². The van der Waals surface area contributed by atoms with Crippen LogP contribution in [-0.4, -0.2) is 161 Å². The average molecular weight is 1160 g/mol. The van der Waals surface area contributed by atoms with Crippen molar-refractivity contribution < 1.29 is 68.4 Å². The number of nitrogens with zero attached hydrogens (tertiary/aromatic N) is 1. The Morgan fingerprint density at radius 2 is 1.79 bits per heavy atom. The molecule has 1 amide bonds. The van der Waals surface area contributed by atoms with Crippen molar-refractivity contribution in [3.05, 3.63) is 111 Å². The first-order valence-corrected chi connectivity index (χ1v) is 29.7. The molecule has 0 radical (unpaired) electrons. The zero-order valence-electron chi connectivity index (χ0n) is 46.9. The number of aliphatic hydroxyl groups excluding tert-OH is 4. The van der Waals surface area contributed by atoms with Crippen molar-refractivity contribution in [3.63, 3.8) is 0 Å². The highest BCUT2D eigenvalue weighted by Gasteiger charge is 2.64. The van der Waals surface area contributed by atoms with Crippen LogP contribution in [0.5, 0.6) is 11.5 Å². The number of fused-ring (bicyclic) bond motifs is 7. The predicted molar refractivity (Wildman–Crippen MR) is 304 cm³/mol. The minimum absolute atomic E-state index is 0.0232. The van der Waals surface area contributed by atoms with E-state index < -0.39 is 103 Å². The van der Waals surface area contributed by atoms with Gasteiger partial charge in [-0.3, -0.25) is 30.8 Å². The summed E-state index contributed by atoms with van der Waals surface area (Å²) in [6.45, 7) is 0.0629. The molecule has 3 aliphatic carbocycles. The van der Waals surface area contributed by atoms with Gasteiger partial charge in [0.2, 0.25) is 12.2 Å². The fourth-order valence-corrected chi connectivity index (χ4v) is 14.3. The number of benzene rings is 3. The van der Waals surface area contributed by atoms with E-state index in [-0.39, 0.29) is 90.8 Å². The van der Waals surface area contributed by atoms with Crippen LogP contribution in [0.1, 0.15) is 138 Å². The number of rotatable bonds is 15. The second-order valence-electron chi connectivity index (χ2n) is 23.9. The quantitative estimate of drug-likeness (QED) is 0.0587. The first-order chi connectivity index (χ1) is 40.7. The molecule has 6 heterocycles. The van der Waals surface area contributed by atoms with E-state index in [2.05, 4.69) is 38.4 Å². The molecule has 6 aliphatic heterocycles. The van der Waals surface area contributed by atoms with Crippen molar-refractivity contribution in [1.82, 2.24) is 26.6 Å². The maximum Gasteiger partial charge on any atom is 0.242 e. The zero-order chi connectivity index (χ0) is 58.4. The lowest BCUT2D eigenvalue weighted by Gasteiger charge is -2.52. The molecule has 2 saturated carbocycles. The number of nitrogens with one attached hydrogen (secondary N) is 5. The van der Waals surface area contributed by atoms with Crippen LogP contribution in [0.3, 0.4) is 0 Å². The van der Waals surface area contributed by atoms with Gasteiger partial charge >= 0.3 is 0 Å². The number of ketones is 2. The lowest BCUT2D eigenvalue weighted by Crippen LogP contribution is -2.72. The Balaban J connectivity index is 1.07. The SMILES string of the molecule is NC1=C(CNC2CCCC2)C(CCO[C@@H]2[C@H]3Oc4c(cc5c(c4OC[C@H](O)CC=O)C(=O)c4cc(CO)ccc4C5=O)[C@H](c4ccccc4N4CN[C@H]5C(=O)N[C@@H](N)N[C@@H]54)[C@@H]4CC[C@@H](O)CC#C[C@@](O)([C@H]2O)[C@@H](O3)C2(CCCC2)OC4)=CCN1. The van der Waals surface area contributed by atoms with Gasteiger partial charge in [-0.05, 0) is 91.8 Å². The molecule has 5 fully saturated rings.